The van der Waals surface area contributed by atoms with Gasteiger partial charge in [0.25, 0.3) is 0 Å². The number of carboxylic acids is 1. The molecule has 0 heterocycles. The van der Waals surface area contributed by atoms with Gasteiger partial charge in [-0.15, -0.1) is 0 Å². The van der Waals surface area contributed by atoms with E-state index in [1.54, 1.807) is 0 Å². The van der Waals surface area contributed by atoms with Gasteiger partial charge in [-0.2, -0.15) is 0 Å². The second-order valence-electron chi connectivity index (χ2n) is 5.43. The van der Waals surface area contributed by atoms with E-state index >= 15 is 0 Å². The molecule has 0 fully saturated rings. The lowest BCUT2D eigenvalue weighted by Crippen LogP contribution is -2.32. The monoisotopic (exact) mass is 286 g/mol. The maximum Gasteiger partial charge on any atom is 0.312 e. The van der Waals surface area contributed by atoms with Crippen LogP contribution in [0.2, 0.25) is 0 Å². The topological polar surface area (TPSA) is 63.6 Å². The van der Waals surface area contributed by atoms with E-state index in [2.05, 4.69) is 6.92 Å². The van der Waals surface area contributed by atoms with Crippen molar-refractivity contribution in [2.45, 2.75) is 78.6 Å². The third-order valence-corrected chi connectivity index (χ3v) is 4.06. The molecular weight excluding hydrogens is 256 g/mol. The van der Waals surface area contributed by atoms with Crippen LogP contribution in [0.25, 0.3) is 0 Å². The van der Waals surface area contributed by atoms with Gasteiger partial charge >= 0.3 is 11.9 Å². The molecule has 0 rings (SSSR count). The first-order chi connectivity index (χ1) is 9.52. The molecule has 0 aromatic carbocycles. The molecule has 4 heteroatoms. The van der Waals surface area contributed by atoms with Gasteiger partial charge in [0.15, 0.2) is 0 Å². The predicted molar refractivity (Wildman–Crippen MR) is 79.6 cm³/mol. The standard InChI is InChI=1S/C16H30O4/c1-4-7-8-9-13-20-15(19)16(5-2,6-3)12-10-11-14(17)18/h4-13H2,1-3H3,(H,17,18). The first-order valence-electron chi connectivity index (χ1n) is 7.91. The Morgan fingerprint density at radius 2 is 1.65 bits per heavy atom. The third-order valence-electron chi connectivity index (χ3n) is 4.06. The lowest BCUT2D eigenvalue weighted by atomic mass is 9.78. The van der Waals surface area contributed by atoms with E-state index in [0.29, 0.717) is 32.3 Å². The molecule has 0 aliphatic carbocycles. The van der Waals surface area contributed by atoms with Crippen molar-refractivity contribution in [1.82, 2.24) is 0 Å². The molecule has 0 spiro atoms. The number of esters is 1. The summed E-state index contributed by atoms with van der Waals surface area (Å²) in [5, 5.41) is 8.70. The average molecular weight is 286 g/mol. The molecule has 0 atom stereocenters. The number of ether oxygens (including phenoxy) is 1. The van der Waals surface area contributed by atoms with Gasteiger partial charge in [0.2, 0.25) is 0 Å². The summed E-state index contributed by atoms with van der Waals surface area (Å²) in [5.74, 6) is -0.955. The second-order valence-corrected chi connectivity index (χ2v) is 5.43. The number of carbonyl (C=O) groups is 2. The first-order valence-corrected chi connectivity index (χ1v) is 7.91. The molecule has 0 unspecified atom stereocenters. The molecular formula is C16H30O4. The molecule has 118 valence electrons. The quantitative estimate of drug-likeness (QED) is 0.432. The minimum atomic E-state index is -0.806. The van der Waals surface area contributed by atoms with Crippen LogP contribution < -0.4 is 0 Å². The van der Waals surface area contributed by atoms with Gasteiger partial charge in [-0.1, -0.05) is 40.0 Å². The van der Waals surface area contributed by atoms with E-state index in [4.69, 9.17) is 9.84 Å². The highest BCUT2D eigenvalue weighted by atomic mass is 16.5. The highest BCUT2D eigenvalue weighted by molar-refractivity contribution is 5.76. The Kier molecular flexibility index (Phi) is 10.1. The predicted octanol–water partition coefficient (Wildman–Crippen LogP) is 4.17. The number of unbranched alkanes of at least 4 members (excludes halogenated alkanes) is 3. The molecule has 1 N–H and O–H groups in total. The molecule has 0 saturated carbocycles. The molecule has 0 saturated heterocycles. The lowest BCUT2D eigenvalue weighted by molar-refractivity contribution is -0.157. The van der Waals surface area contributed by atoms with E-state index in [9.17, 15) is 9.59 Å². The molecule has 0 bridgehead atoms. The maximum atomic E-state index is 12.3. The van der Waals surface area contributed by atoms with Crippen LogP contribution in [0.15, 0.2) is 0 Å². The lowest BCUT2D eigenvalue weighted by Gasteiger charge is -2.29. The van der Waals surface area contributed by atoms with Crippen molar-refractivity contribution in [3.63, 3.8) is 0 Å². The highest BCUT2D eigenvalue weighted by Crippen LogP contribution is 2.34. The molecule has 20 heavy (non-hydrogen) atoms. The number of rotatable bonds is 12. The highest BCUT2D eigenvalue weighted by Gasteiger charge is 2.35. The van der Waals surface area contributed by atoms with Crippen LogP contribution in [0.5, 0.6) is 0 Å². The number of aliphatic carboxylic acids is 1. The summed E-state index contributed by atoms with van der Waals surface area (Å²) in [6.45, 7) is 6.58. The van der Waals surface area contributed by atoms with Gasteiger partial charge in [-0.25, -0.2) is 0 Å². The van der Waals surface area contributed by atoms with Gasteiger partial charge in [0, 0.05) is 6.42 Å². The van der Waals surface area contributed by atoms with Crippen molar-refractivity contribution in [3.8, 4) is 0 Å². The molecule has 0 amide bonds. The van der Waals surface area contributed by atoms with Crippen LogP contribution in [0.1, 0.15) is 78.6 Å². The third kappa shape index (κ3) is 6.92. The molecule has 0 aliphatic heterocycles. The summed E-state index contributed by atoms with van der Waals surface area (Å²) in [7, 11) is 0. The van der Waals surface area contributed by atoms with Gasteiger partial charge in [0.1, 0.15) is 0 Å². The zero-order chi connectivity index (χ0) is 15.4. The van der Waals surface area contributed by atoms with Gasteiger partial charge in [0.05, 0.1) is 12.0 Å². The fourth-order valence-corrected chi connectivity index (χ4v) is 2.42. The van der Waals surface area contributed by atoms with Gasteiger partial charge in [-0.05, 0) is 32.1 Å². The Hall–Kier alpha value is -1.06. The summed E-state index contributed by atoms with van der Waals surface area (Å²) in [6, 6.07) is 0. The Morgan fingerprint density at radius 3 is 2.15 bits per heavy atom. The van der Waals surface area contributed by atoms with Gasteiger partial charge in [-0.3, -0.25) is 9.59 Å². The van der Waals surface area contributed by atoms with Crippen molar-refractivity contribution in [2.75, 3.05) is 6.61 Å². The smallest absolute Gasteiger partial charge is 0.312 e. The van der Waals surface area contributed by atoms with Gasteiger partial charge < -0.3 is 9.84 Å². The van der Waals surface area contributed by atoms with Crippen molar-refractivity contribution in [1.29, 1.82) is 0 Å². The van der Waals surface area contributed by atoms with E-state index in [1.807, 2.05) is 13.8 Å². The molecule has 0 radical (unpaired) electrons. The van der Waals surface area contributed by atoms with Crippen molar-refractivity contribution >= 4 is 11.9 Å². The fourth-order valence-electron chi connectivity index (χ4n) is 2.42. The summed E-state index contributed by atoms with van der Waals surface area (Å²) in [4.78, 5) is 22.9. The Balaban J connectivity index is 4.25. The van der Waals surface area contributed by atoms with E-state index < -0.39 is 11.4 Å². The first kappa shape index (κ1) is 18.9. The molecule has 0 aliphatic rings. The molecule has 0 aromatic rings. The van der Waals surface area contributed by atoms with Crippen LogP contribution in [0, 0.1) is 5.41 Å². The SMILES string of the molecule is CCCCCCOC(=O)C(CC)(CC)CCCC(=O)O. The average Bonchev–Trinajstić information content (AvgIpc) is 2.43. The molecule has 0 aromatic heterocycles. The van der Waals surface area contributed by atoms with Crippen LogP contribution >= 0.6 is 0 Å². The number of hydrogen-bond acceptors (Lipinski definition) is 3. The van der Waals surface area contributed by atoms with E-state index in [0.717, 1.165) is 19.3 Å². The summed E-state index contributed by atoms with van der Waals surface area (Å²) >= 11 is 0. The van der Waals surface area contributed by atoms with Crippen molar-refractivity contribution in [2.24, 2.45) is 5.41 Å². The fraction of sp³-hybridized carbons (Fsp3) is 0.875. The van der Waals surface area contributed by atoms with Crippen molar-refractivity contribution in [3.05, 3.63) is 0 Å². The van der Waals surface area contributed by atoms with E-state index in [1.165, 1.54) is 6.42 Å². The number of hydrogen-bond donors (Lipinski definition) is 1. The van der Waals surface area contributed by atoms with Crippen LogP contribution in [0.4, 0.5) is 0 Å². The Morgan fingerprint density at radius 1 is 1.00 bits per heavy atom. The van der Waals surface area contributed by atoms with Crippen LogP contribution in [-0.4, -0.2) is 23.7 Å². The summed E-state index contributed by atoms with van der Waals surface area (Å²) in [5.41, 5.74) is -0.500. The normalized spacial score (nSPS) is 11.3. The van der Waals surface area contributed by atoms with E-state index in [-0.39, 0.29) is 12.4 Å². The van der Waals surface area contributed by atoms with Crippen molar-refractivity contribution < 1.29 is 19.4 Å². The Bertz CT molecular complexity index is 282. The van der Waals surface area contributed by atoms with Crippen LogP contribution in [0.3, 0.4) is 0 Å². The summed E-state index contributed by atoms with van der Waals surface area (Å²) < 4.78 is 5.41. The minimum Gasteiger partial charge on any atom is -0.481 e. The largest absolute Gasteiger partial charge is 0.481 e. The molecule has 4 nitrogen and oxygen atoms in total. The zero-order valence-corrected chi connectivity index (χ0v) is 13.2. The Labute approximate surface area is 122 Å². The number of carbonyl (C=O) groups excluding carboxylic acids is 1. The van der Waals surface area contributed by atoms with Crippen LogP contribution in [-0.2, 0) is 14.3 Å². The zero-order valence-electron chi connectivity index (χ0n) is 13.2. The minimum absolute atomic E-state index is 0.117. The summed E-state index contributed by atoms with van der Waals surface area (Å²) in [6.07, 6.45) is 6.99. The maximum absolute atomic E-state index is 12.3. The number of carboxylic acid groups (broad SMARTS) is 1. The second kappa shape index (κ2) is 10.7.